The molecule has 0 saturated heterocycles. The fraction of sp³-hybridized carbons (Fsp3) is 0.0800. The Morgan fingerprint density at radius 2 is 1.76 bits per heavy atom. The maximum absolute atomic E-state index is 12.8. The highest BCUT2D eigenvalue weighted by atomic mass is 79.9. The lowest BCUT2D eigenvalue weighted by atomic mass is 10.1. The van der Waals surface area contributed by atoms with Gasteiger partial charge in [-0.25, -0.2) is 0 Å². The minimum atomic E-state index is -4.27. The maximum atomic E-state index is 12.8. The van der Waals surface area contributed by atoms with Crippen LogP contribution in [0.2, 0.25) is 5.02 Å². The summed E-state index contributed by atoms with van der Waals surface area (Å²) < 4.78 is 36.5. The van der Waals surface area contributed by atoms with Gasteiger partial charge in [0.15, 0.2) is 11.5 Å². The van der Waals surface area contributed by atoms with Gasteiger partial charge in [0.05, 0.1) is 11.6 Å². The van der Waals surface area contributed by atoms with Gasteiger partial charge in [0.2, 0.25) is 5.91 Å². The van der Waals surface area contributed by atoms with Crippen molar-refractivity contribution < 1.29 is 26.9 Å². The highest BCUT2D eigenvalue weighted by molar-refractivity contribution is 9.10. The number of benzene rings is 3. The Hall–Kier alpha value is -3.85. The van der Waals surface area contributed by atoms with Crippen molar-refractivity contribution in [2.75, 3.05) is 17.7 Å². The van der Waals surface area contributed by atoms with E-state index < -0.39 is 16.0 Å². The van der Waals surface area contributed by atoms with E-state index in [0.29, 0.717) is 22.0 Å². The van der Waals surface area contributed by atoms with Gasteiger partial charge in [-0.1, -0.05) is 17.7 Å². The molecular formula is C25H19BrClN3O6S. The van der Waals surface area contributed by atoms with Crippen LogP contribution < -0.4 is 19.6 Å². The van der Waals surface area contributed by atoms with Crippen LogP contribution in [0, 0.1) is 11.3 Å². The molecule has 0 aromatic heterocycles. The number of rotatable bonds is 8. The predicted molar refractivity (Wildman–Crippen MR) is 143 cm³/mol. The molecule has 3 rings (SSSR count). The monoisotopic (exact) mass is 603 g/mol. The Labute approximate surface area is 226 Å². The Bertz CT molecular complexity index is 1530. The van der Waals surface area contributed by atoms with Crippen molar-refractivity contribution in [1.29, 1.82) is 5.26 Å². The molecule has 0 saturated carbocycles. The van der Waals surface area contributed by atoms with Crippen molar-refractivity contribution in [3.63, 3.8) is 0 Å². The summed E-state index contributed by atoms with van der Waals surface area (Å²) in [5, 5.41) is 15.1. The van der Waals surface area contributed by atoms with Crippen molar-refractivity contribution in [2.45, 2.75) is 11.8 Å². The second kappa shape index (κ2) is 11.9. The smallest absolute Gasteiger partial charge is 0.339 e. The van der Waals surface area contributed by atoms with Gasteiger partial charge in [-0.05, 0) is 82.2 Å². The van der Waals surface area contributed by atoms with Crippen molar-refractivity contribution in [3.05, 3.63) is 81.3 Å². The van der Waals surface area contributed by atoms with Crippen LogP contribution in [0.3, 0.4) is 0 Å². The van der Waals surface area contributed by atoms with Gasteiger partial charge in [0, 0.05) is 23.3 Å². The molecule has 0 aliphatic rings. The Morgan fingerprint density at radius 3 is 2.35 bits per heavy atom. The number of halogens is 2. The summed E-state index contributed by atoms with van der Waals surface area (Å²) in [6.07, 6.45) is 1.31. The third-order valence-corrected chi connectivity index (χ3v) is 6.73. The summed E-state index contributed by atoms with van der Waals surface area (Å²) in [4.78, 5) is 23.6. The minimum absolute atomic E-state index is 0.0339. The molecule has 0 spiro atoms. The molecule has 190 valence electrons. The first-order valence-electron chi connectivity index (χ1n) is 10.4. The summed E-state index contributed by atoms with van der Waals surface area (Å²) in [5.74, 6) is -1.05. The summed E-state index contributed by atoms with van der Waals surface area (Å²) in [6.45, 7) is 1.34. The lowest BCUT2D eigenvalue weighted by Gasteiger charge is -2.14. The molecule has 0 bridgehead atoms. The quantitative estimate of drug-likeness (QED) is 0.200. The first-order chi connectivity index (χ1) is 17.5. The zero-order valence-corrected chi connectivity index (χ0v) is 22.6. The van der Waals surface area contributed by atoms with E-state index in [4.69, 9.17) is 20.5 Å². The van der Waals surface area contributed by atoms with Gasteiger partial charge in [-0.15, -0.1) is 0 Å². The number of nitrogens with zero attached hydrogens (tertiary/aromatic N) is 1. The van der Waals surface area contributed by atoms with Gasteiger partial charge in [-0.3, -0.25) is 9.59 Å². The number of anilines is 2. The average Bonchev–Trinajstić information content (AvgIpc) is 2.83. The van der Waals surface area contributed by atoms with E-state index in [9.17, 15) is 23.3 Å². The SMILES string of the molecule is COc1cc(/C=C(\C#N)C(=O)Nc2cccc(Cl)c2)cc(Br)c1OS(=O)(=O)c1ccc(NC(C)=O)cc1. The number of methoxy groups -OCH3 is 1. The molecular weight excluding hydrogens is 586 g/mol. The molecule has 0 heterocycles. The van der Waals surface area contributed by atoms with E-state index in [0.717, 1.165) is 0 Å². The first-order valence-corrected chi connectivity index (χ1v) is 13.0. The number of nitrogens with one attached hydrogen (secondary N) is 2. The summed E-state index contributed by atoms with van der Waals surface area (Å²) in [5.41, 5.74) is 0.992. The fourth-order valence-corrected chi connectivity index (χ4v) is 4.84. The average molecular weight is 605 g/mol. The summed E-state index contributed by atoms with van der Waals surface area (Å²) in [6, 6.07) is 16.6. The number of nitriles is 1. The van der Waals surface area contributed by atoms with Crippen LogP contribution in [-0.4, -0.2) is 27.3 Å². The third kappa shape index (κ3) is 7.33. The maximum Gasteiger partial charge on any atom is 0.339 e. The highest BCUT2D eigenvalue weighted by Gasteiger charge is 2.22. The zero-order valence-electron chi connectivity index (χ0n) is 19.4. The molecule has 0 radical (unpaired) electrons. The molecule has 0 unspecified atom stereocenters. The lowest BCUT2D eigenvalue weighted by molar-refractivity contribution is -0.114. The summed E-state index contributed by atoms with van der Waals surface area (Å²) in [7, 11) is -2.96. The van der Waals surface area contributed by atoms with Crippen LogP contribution in [0.15, 0.2) is 75.6 Å². The molecule has 2 amide bonds. The van der Waals surface area contributed by atoms with Crippen LogP contribution in [0.25, 0.3) is 6.08 Å². The molecule has 3 aromatic rings. The van der Waals surface area contributed by atoms with E-state index in [-0.39, 0.29) is 32.3 Å². The van der Waals surface area contributed by atoms with Gasteiger partial charge in [0.1, 0.15) is 16.5 Å². The van der Waals surface area contributed by atoms with Crippen LogP contribution >= 0.6 is 27.5 Å². The van der Waals surface area contributed by atoms with E-state index in [1.165, 1.54) is 62.6 Å². The second-order valence-corrected chi connectivity index (χ2v) is 10.2. The van der Waals surface area contributed by atoms with E-state index in [1.54, 1.807) is 18.2 Å². The minimum Gasteiger partial charge on any atom is -0.493 e. The fourth-order valence-electron chi connectivity index (χ4n) is 3.05. The van der Waals surface area contributed by atoms with Crippen molar-refractivity contribution in [1.82, 2.24) is 0 Å². The second-order valence-electron chi connectivity index (χ2n) is 7.41. The van der Waals surface area contributed by atoms with Crippen molar-refractivity contribution in [3.8, 4) is 17.6 Å². The normalized spacial score (nSPS) is 11.3. The van der Waals surface area contributed by atoms with Crippen LogP contribution in [-0.2, 0) is 19.7 Å². The zero-order chi connectivity index (χ0) is 27.2. The summed E-state index contributed by atoms with van der Waals surface area (Å²) >= 11 is 9.20. The van der Waals surface area contributed by atoms with Crippen molar-refractivity contribution >= 4 is 66.9 Å². The van der Waals surface area contributed by atoms with Crippen LogP contribution in [0.4, 0.5) is 11.4 Å². The molecule has 0 atom stereocenters. The van der Waals surface area contributed by atoms with Crippen molar-refractivity contribution in [2.24, 2.45) is 0 Å². The van der Waals surface area contributed by atoms with E-state index >= 15 is 0 Å². The van der Waals surface area contributed by atoms with Gasteiger partial charge >= 0.3 is 10.1 Å². The molecule has 12 heteroatoms. The first kappa shape index (κ1) is 27.7. The number of hydrogen-bond donors (Lipinski definition) is 2. The standard InChI is InChI=1S/C25H19BrClN3O6S/c1-15(31)29-19-6-8-21(9-7-19)37(33,34)36-24-22(26)11-16(12-23(24)35-2)10-17(14-28)25(32)30-20-5-3-4-18(27)13-20/h3-13H,1-2H3,(H,29,31)(H,30,32)/b17-10+. The van der Waals surface area contributed by atoms with Gasteiger partial charge in [-0.2, -0.15) is 13.7 Å². The molecule has 0 fully saturated rings. The van der Waals surface area contributed by atoms with Gasteiger partial charge < -0.3 is 19.6 Å². The van der Waals surface area contributed by atoms with Crippen LogP contribution in [0.5, 0.6) is 11.5 Å². The van der Waals surface area contributed by atoms with E-state index in [1.807, 2.05) is 6.07 Å². The molecule has 9 nitrogen and oxygen atoms in total. The molecule has 0 aliphatic carbocycles. The predicted octanol–water partition coefficient (Wildman–Crippen LogP) is 5.38. The Kier molecular flexibility index (Phi) is 8.94. The van der Waals surface area contributed by atoms with Gasteiger partial charge in [0.25, 0.3) is 5.91 Å². The molecule has 2 N–H and O–H groups in total. The third-order valence-electron chi connectivity index (χ3n) is 4.67. The number of carbonyl (C=O) groups excluding carboxylic acids is 2. The molecule has 0 aliphatic heterocycles. The molecule has 37 heavy (non-hydrogen) atoms. The Morgan fingerprint density at radius 1 is 1.05 bits per heavy atom. The number of ether oxygens (including phenoxy) is 1. The molecule has 3 aromatic carbocycles. The number of amides is 2. The topological polar surface area (TPSA) is 135 Å². The largest absolute Gasteiger partial charge is 0.493 e. The lowest BCUT2D eigenvalue weighted by Crippen LogP contribution is -2.13. The highest BCUT2D eigenvalue weighted by Crippen LogP contribution is 2.39. The van der Waals surface area contributed by atoms with Crippen LogP contribution in [0.1, 0.15) is 12.5 Å². The Balaban J connectivity index is 1.87. The van der Waals surface area contributed by atoms with E-state index in [2.05, 4.69) is 26.6 Å². The number of carbonyl (C=O) groups is 2. The number of hydrogen-bond acceptors (Lipinski definition) is 7.